The predicted octanol–water partition coefficient (Wildman–Crippen LogP) is 3.14. The van der Waals surface area contributed by atoms with Crippen LogP contribution in [0.4, 0.5) is 0 Å². The van der Waals surface area contributed by atoms with E-state index in [0.29, 0.717) is 6.54 Å². The molecule has 4 heteroatoms. The number of carbonyl (C=O) groups is 2. The summed E-state index contributed by atoms with van der Waals surface area (Å²) in [6, 6.07) is 19.0. The number of hydrogen-bond acceptors (Lipinski definition) is 2. The molecule has 2 aromatic rings. The van der Waals surface area contributed by atoms with Gasteiger partial charge in [-0.05, 0) is 17.5 Å². The Morgan fingerprint density at radius 1 is 0.957 bits per heavy atom. The van der Waals surface area contributed by atoms with Crippen LogP contribution in [0.5, 0.6) is 0 Å². The van der Waals surface area contributed by atoms with Crippen LogP contribution in [0.1, 0.15) is 30.4 Å². The third-order valence-electron chi connectivity index (χ3n) is 3.64. The fraction of sp³-hybridized carbons (Fsp3) is 0.263. The minimum atomic E-state index is -0.994. The van der Waals surface area contributed by atoms with Crippen molar-refractivity contribution in [2.75, 3.05) is 13.1 Å². The van der Waals surface area contributed by atoms with E-state index in [1.54, 1.807) is 0 Å². The van der Waals surface area contributed by atoms with Gasteiger partial charge in [0.2, 0.25) is 5.91 Å². The van der Waals surface area contributed by atoms with Crippen molar-refractivity contribution in [2.45, 2.75) is 19.3 Å². The van der Waals surface area contributed by atoms with Crippen LogP contribution >= 0.6 is 0 Å². The van der Waals surface area contributed by atoms with Gasteiger partial charge in [-0.1, -0.05) is 67.6 Å². The van der Waals surface area contributed by atoms with E-state index in [0.717, 1.165) is 17.5 Å². The summed E-state index contributed by atoms with van der Waals surface area (Å²) >= 11 is 0. The Labute approximate surface area is 136 Å². The molecule has 0 atom stereocenters. The van der Waals surface area contributed by atoms with Gasteiger partial charge < -0.3 is 10.0 Å². The first-order chi connectivity index (χ1) is 11.1. The number of benzene rings is 2. The van der Waals surface area contributed by atoms with E-state index in [4.69, 9.17) is 5.11 Å². The number of rotatable bonds is 7. The molecule has 0 bridgehead atoms. The summed E-state index contributed by atoms with van der Waals surface area (Å²) in [7, 11) is 0. The van der Waals surface area contributed by atoms with Crippen molar-refractivity contribution in [2.24, 2.45) is 0 Å². The third-order valence-corrected chi connectivity index (χ3v) is 3.64. The standard InChI is InChI=1S/C19H21NO3/c1-2-13-20(14-17(21)22)19(23)18(15-9-5-3-6-10-15)16-11-7-4-8-12-16/h3-12,18H,2,13-14H2,1H3,(H,21,22). The molecule has 0 fully saturated rings. The van der Waals surface area contributed by atoms with Crippen molar-refractivity contribution < 1.29 is 14.7 Å². The fourth-order valence-electron chi connectivity index (χ4n) is 2.65. The highest BCUT2D eigenvalue weighted by molar-refractivity contribution is 5.89. The van der Waals surface area contributed by atoms with Crippen LogP contribution in [0.25, 0.3) is 0 Å². The van der Waals surface area contributed by atoms with Gasteiger partial charge in [0.15, 0.2) is 0 Å². The van der Waals surface area contributed by atoms with Crippen LogP contribution in [-0.4, -0.2) is 35.0 Å². The number of aliphatic carboxylic acids is 1. The van der Waals surface area contributed by atoms with E-state index < -0.39 is 11.9 Å². The maximum Gasteiger partial charge on any atom is 0.323 e. The first kappa shape index (κ1) is 16.7. The summed E-state index contributed by atoms with van der Waals surface area (Å²) in [5.41, 5.74) is 1.74. The van der Waals surface area contributed by atoms with E-state index in [1.807, 2.05) is 67.6 Å². The van der Waals surface area contributed by atoms with Crippen LogP contribution in [-0.2, 0) is 9.59 Å². The van der Waals surface area contributed by atoms with Crippen LogP contribution in [0.2, 0.25) is 0 Å². The van der Waals surface area contributed by atoms with E-state index in [9.17, 15) is 9.59 Å². The van der Waals surface area contributed by atoms with Gasteiger partial charge in [-0.2, -0.15) is 0 Å². The van der Waals surface area contributed by atoms with Gasteiger partial charge >= 0.3 is 5.97 Å². The fourth-order valence-corrected chi connectivity index (χ4v) is 2.65. The Hall–Kier alpha value is -2.62. The molecule has 1 amide bonds. The van der Waals surface area contributed by atoms with Gasteiger partial charge in [-0.15, -0.1) is 0 Å². The maximum atomic E-state index is 13.0. The number of carboxylic acids is 1. The highest BCUT2D eigenvalue weighted by Crippen LogP contribution is 2.26. The van der Waals surface area contributed by atoms with E-state index >= 15 is 0 Å². The molecule has 0 saturated heterocycles. The molecule has 120 valence electrons. The van der Waals surface area contributed by atoms with Gasteiger partial charge in [0.1, 0.15) is 6.54 Å². The molecule has 2 rings (SSSR count). The number of carboxylic acid groups (broad SMARTS) is 1. The SMILES string of the molecule is CCCN(CC(=O)O)C(=O)C(c1ccccc1)c1ccccc1. The van der Waals surface area contributed by atoms with Gasteiger partial charge in [-0.3, -0.25) is 9.59 Å². The van der Waals surface area contributed by atoms with Gasteiger partial charge in [0.25, 0.3) is 0 Å². The van der Waals surface area contributed by atoms with Crippen LogP contribution in [0.3, 0.4) is 0 Å². The lowest BCUT2D eigenvalue weighted by Gasteiger charge is -2.26. The smallest absolute Gasteiger partial charge is 0.323 e. The number of nitrogens with zero attached hydrogens (tertiary/aromatic N) is 1. The second-order valence-corrected chi connectivity index (χ2v) is 5.41. The monoisotopic (exact) mass is 311 g/mol. The molecule has 23 heavy (non-hydrogen) atoms. The first-order valence-electron chi connectivity index (χ1n) is 7.74. The highest BCUT2D eigenvalue weighted by Gasteiger charge is 2.28. The number of hydrogen-bond donors (Lipinski definition) is 1. The predicted molar refractivity (Wildman–Crippen MR) is 89.2 cm³/mol. The average molecular weight is 311 g/mol. The zero-order valence-corrected chi connectivity index (χ0v) is 13.2. The zero-order chi connectivity index (χ0) is 16.7. The molecular weight excluding hydrogens is 290 g/mol. The second kappa shape index (κ2) is 8.13. The van der Waals surface area contributed by atoms with Gasteiger partial charge in [0.05, 0.1) is 5.92 Å². The lowest BCUT2D eigenvalue weighted by Crippen LogP contribution is -2.39. The van der Waals surface area contributed by atoms with Crippen molar-refractivity contribution in [1.82, 2.24) is 4.90 Å². The molecule has 1 N–H and O–H groups in total. The first-order valence-corrected chi connectivity index (χ1v) is 7.74. The van der Waals surface area contributed by atoms with Crippen molar-refractivity contribution >= 4 is 11.9 Å². The van der Waals surface area contributed by atoms with Crippen LogP contribution in [0, 0.1) is 0 Å². The lowest BCUT2D eigenvalue weighted by molar-refractivity contribution is -0.144. The molecule has 0 aliphatic carbocycles. The van der Waals surface area contributed by atoms with Crippen molar-refractivity contribution in [1.29, 1.82) is 0 Å². The van der Waals surface area contributed by atoms with Crippen LogP contribution < -0.4 is 0 Å². The molecule has 0 aliphatic heterocycles. The Morgan fingerprint density at radius 2 is 1.43 bits per heavy atom. The number of amides is 1. The summed E-state index contributed by atoms with van der Waals surface area (Å²) in [5.74, 6) is -1.65. The summed E-state index contributed by atoms with van der Waals surface area (Å²) in [6.07, 6.45) is 0.718. The Kier molecular flexibility index (Phi) is 5.92. The Balaban J connectivity index is 2.40. The minimum absolute atomic E-state index is 0.174. The quantitative estimate of drug-likeness (QED) is 0.854. The molecule has 0 aliphatic rings. The lowest BCUT2D eigenvalue weighted by atomic mass is 9.90. The minimum Gasteiger partial charge on any atom is -0.480 e. The summed E-state index contributed by atoms with van der Waals surface area (Å²) in [5, 5.41) is 9.09. The van der Waals surface area contributed by atoms with Gasteiger partial charge in [-0.25, -0.2) is 0 Å². The van der Waals surface area contributed by atoms with Crippen molar-refractivity contribution in [3.8, 4) is 0 Å². The molecule has 0 radical (unpaired) electrons. The molecular formula is C19H21NO3. The molecule has 0 saturated carbocycles. The van der Waals surface area contributed by atoms with E-state index in [-0.39, 0.29) is 12.5 Å². The molecule has 0 spiro atoms. The molecule has 2 aromatic carbocycles. The van der Waals surface area contributed by atoms with Gasteiger partial charge in [0, 0.05) is 6.54 Å². The Morgan fingerprint density at radius 3 is 1.83 bits per heavy atom. The van der Waals surface area contributed by atoms with Crippen molar-refractivity contribution in [3.05, 3.63) is 71.8 Å². The molecule has 0 unspecified atom stereocenters. The highest BCUT2D eigenvalue weighted by atomic mass is 16.4. The van der Waals surface area contributed by atoms with E-state index in [1.165, 1.54) is 4.90 Å². The summed E-state index contributed by atoms with van der Waals surface area (Å²) in [6.45, 7) is 2.09. The second-order valence-electron chi connectivity index (χ2n) is 5.41. The largest absolute Gasteiger partial charge is 0.480 e. The topological polar surface area (TPSA) is 57.6 Å². The number of carbonyl (C=O) groups excluding carboxylic acids is 1. The zero-order valence-electron chi connectivity index (χ0n) is 13.2. The molecule has 0 aromatic heterocycles. The molecule has 4 nitrogen and oxygen atoms in total. The van der Waals surface area contributed by atoms with E-state index in [2.05, 4.69) is 0 Å². The van der Waals surface area contributed by atoms with Crippen molar-refractivity contribution in [3.63, 3.8) is 0 Å². The average Bonchev–Trinajstić information content (AvgIpc) is 2.56. The normalized spacial score (nSPS) is 10.5. The van der Waals surface area contributed by atoms with Crippen LogP contribution in [0.15, 0.2) is 60.7 Å². The maximum absolute atomic E-state index is 13.0. The third kappa shape index (κ3) is 4.42. The Bertz CT molecular complexity index is 601. The summed E-state index contributed by atoms with van der Waals surface area (Å²) < 4.78 is 0. The summed E-state index contributed by atoms with van der Waals surface area (Å²) in [4.78, 5) is 25.5. The molecule has 0 heterocycles.